The zero-order valence-corrected chi connectivity index (χ0v) is 7.12. The van der Waals surface area contributed by atoms with Crippen LogP contribution in [0.25, 0.3) is 0 Å². The number of nitrogens with one attached hydrogen (secondary N) is 1. The zero-order chi connectivity index (χ0) is 8.55. The van der Waals surface area contributed by atoms with E-state index in [2.05, 4.69) is 5.32 Å². The van der Waals surface area contributed by atoms with Gasteiger partial charge in [-0.15, -0.1) is 0 Å². The molecule has 0 aromatic rings. The van der Waals surface area contributed by atoms with Crippen molar-refractivity contribution in [1.82, 2.24) is 5.32 Å². The molecule has 0 unspecified atom stereocenters. The molecule has 2 fully saturated rings. The van der Waals surface area contributed by atoms with Gasteiger partial charge < -0.3 is 10.4 Å². The molecule has 2 atom stereocenters. The Morgan fingerprint density at radius 2 is 1.92 bits per heavy atom. The molecule has 12 heavy (non-hydrogen) atoms. The van der Waals surface area contributed by atoms with Crippen LogP contribution in [0.15, 0.2) is 0 Å². The normalized spacial score (nSPS) is 37.2. The minimum Gasteiger partial charge on any atom is -0.373 e. The van der Waals surface area contributed by atoms with Gasteiger partial charge in [0.2, 0.25) is 5.91 Å². The number of carbonyl (C=O) groups excluding carboxylic acids is 1. The van der Waals surface area contributed by atoms with E-state index in [0.717, 1.165) is 12.8 Å². The minimum atomic E-state index is -0.555. The minimum absolute atomic E-state index is 0.0504. The molecule has 2 rings (SSSR count). The predicted octanol–water partition coefficient (Wildman–Crippen LogP) is 0.631. The molecule has 0 spiro atoms. The Morgan fingerprint density at radius 3 is 2.42 bits per heavy atom. The lowest BCUT2D eigenvalue weighted by atomic mass is 9.76. The molecule has 1 heterocycles. The maximum atomic E-state index is 11.1. The first-order chi connectivity index (χ1) is 5.79. The summed E-state index contributed by atoms with van der Waals surface area (Å²) in [4.78, 5) is 11.1. The van der Waals surface area contributed by atoms with Crippen molar-refractivity contribution in [3.05, 3.63) is 0 Å². The monoisotopic (exact) mass is 169 g/mol. The molecule has 3 nitrogen and oxygen atoms in total. The first-order valence-electron chi connectivity index (χ1n) is 4.77. The van der Waals surface area contributed by atoms with Crippen LogP contribution in [-0.4, -0.2) is 17.2 Å². The fourth-order valence-corrected chi connectivity index (χ4v) is 2.34. The molecule has 1 amide bonds. The summed E-state index contributed by atoms with van der Waals surface area (Å²) in [5, 5.41) is 11.8. The highest BCUT2D eigenvalue weighted by atomic mass is 16.3. The van der Waals surface area contributed by atoms with Gasteiger partial charge in [0.15, 0.2) is 0 Å². The molecule has 1 aliphatic heterocycles. The largest absolute Gasteiger partial charge is 0.373 e. The molecular formula is C9H15NO2. The molecule has 0 bridgehead atoms. The Kier molecular flexibility index (Phi) is 2.05. The third kappa shape index (κ3) is 1.22. The number of β-lactam (4-membered cyclic amide) rings is 1. The summed E-state index contributed by atoms with van der Waals surface area (Å²) in [7, 11) is 0. The van der Waals surface area contributed by atoms with Crippen molar-refractivity contribution in [3.8, 4) is 0 Å². The molecule has 0 aromatic carbocycles. The number of aliphatic hydroxyl groups excluding tert-OH is 1. The summed E-state index contributed by atoms with van der Waals surface area (Å²) in [5.41, 5.74) is 0. The second-order valence-electron chi connectivity index (χ2n) is 3.88. The van der Waals surface area contributed by atoms with E-state index in [0.29, 0.717) is 5.92 Å². The highest BCUT2D eigenvalue weighted by molar-refractivity contribution is 5.85. The number of carbonyl (C=O) groups is 1. The van der Waals surface area contributed by atoms with E-state index >= 15 is 0 Å². The van der Waals surface area contributed by atoms with Gasteiger partial charge in [-0.25, -0.2) is 0 Å². The third-order valence-corrected chi connectivity index (χ3v) is 3.09. The van der Waals surface area contributed by atoms with Gasteiger partial charge in [-0.1, -0.05) is 19.3 Å². The van der Waals surface area contributed by atoms with Gasteiger partial charge in [0.25, 0.3) is 0 Å². The number of amides is 1. The van der Waals surface area contributed by atoms with Crippen LogP contribution in [0.4, 0.5) is 0 Å². The molecule has 68 valence electrons. The Morgan fingerprint density at radius 1 is 1.25 bits per heavy atom. The highest BCUT2D eigenvalue weighted by Gasteiger charge is 2.43. The van der Waals surface area contributed by atoms with Gasteiger partial charge in [0, 0.05) is 0 Å². The summed E-state index contributed by atoms with van der Waals surface area (Å²) in [6.45, 7) is 0. The van der Waals surface area contributed by atoms with Crippen LogP contribution in [0.3, 0.4) is 0 Å². The van der Waals surface area contributed by atoms with E-state index in [1.54, 1.807) is 0 Å². The van der Waals surface area contributed by atoms with Crippen molar-refractivity contribution in [3.63, 3.8) is 0 Å². The van der Waals surface area contributed by atoms with Crippen molar-refractivity contribution in [2.24, 2.45) is 11.8 Å². The molecule has 2 N–H and O–H groups in total. The SMILES string of the molecule is O=C1N[C@H](O)[C@@H]1C1CCCCC1. The predicted molar refractivity (Wildman–Crippen MR) is 44.2 cm³/mol. The average Bonchev–Trinajstić information content (AvgIpc) is 2.05. The van der Waals surface area contributed by atoms with Crippen LogP contribution in [0.2, 0.25) is 0 Å². The van der Waals surface area contributed by atoms with Gasteiger partial charge in [0.1, 0.15) is 6.23 Å². The smallest absolute Gasteiger partial charge is 0.229 e. The average molecular weight is 169 g/mol. The lowest BCUT2D eigenvalue weighted by molar-refractivity contribution is -0.152. The standard InChI is InChI=1S/C9H15NO2/c11-8-7(9(12)10-8)6-4-2-1-3-5-6/h6-8,11H,1-5H2,(H,10,12)/t7-,8+/m0/s1. The second-order valence-corrected chi connectivity index (χ2v) is 3.88. The van der Waals surface area contributed by atoms with Gasteiger partial charge in [0.05, 0.1) is 5.92 Å². The Hall–Kier alpha value is -0.570. The maximum absolute atomic E-state index is 11.1. The van der Waals surface area contributed by atoms with Gasteiger partial charge in [-0.3, -0.25) is 4.79 Å². The molecule has 1 aliphatic carbocycles. The van der Waals surface area contributed by atoms with E-state index in [4.69, 9.17) is 0 Å². The third-order valence-electron chi connectivity index (χ3n) is 3.09. The van der Waals surface area contributed by atoms with E-state index in [9.17, 15) is 9.90 Å². The summed E-state index contributed by atoms with van der Waals surface area (Å²) in [6.07, 6.45) is 5.42. The number of rotatable bonds is 1. The van der Waals surface area contributed by atoms with Crippen LogP contribution in [0, 0.1) is 11.8 Å². The lowest BCUT2D eigenvalue weighted by Gasteiger charge is -2.39. The van der Waals surface area contributed by atoms with E-state index in [-0.39, 0.29) is 11.8 Å². The Labute approximate surface area is 72.2 Å². The Bertz CT molecular complexity index is 187. The van der Waals surface area contributed by atoms with E-state index in [1.165, 1.54) is 19.3 Å². The number of hydrogen-bond acceptors (Lipinski definition) is 2. The fourth-order valence-electron chi connectivity index (χ4n) is 2.34. The number of aliphatic hydroxyl groups is 1. The highest BCUT2D eigenvalue weighted by Crippen LogP contribution is 2.34. The molecule has 2 aliphatic rings. The zero-order valence-electron chi connectivity index (χ0n) is 7.12. The molecule has 0 radical (unpaired) electrons. The van der Waals surface area contributed by atoms with Crippen LogP contribution in [-0.2, 0) is 4.79 Å². The molecule has 0 aromatic heterocycles. The van der Waals surface area contributed by atoms with Crippen LogP contribution >= 0.6 is 0 Å². The topological polar surface area (TPSA) is 49.3 Å². The Balaban J connectivity index is 1.93. The van der Waals surface area contributed by atoms with Crippen LogP contribution in [0.5, 0.6) is 0 Å². The van der Waals surface area contributed by atoms with E-state index in [1.807, 2.05) is 0 Å². The second kappa shape index (κ2) is 3.05. The summed E-state index contributed by atoms with van der Waals surface area (Å²) in [5.74, 6) is 0.405. The van der Waals surface area contributed by atoms with Crippen LogP contribution < -0.4 is 5.32 Å². The van der Waals surface area contributed by atoms with Crippen LogP contribution in [0.1, 0.15) is 32.1 Å². The maximum Gasteiger partial charge on any atom is 0.229 e. The molecule has 1 saturated carbocycles. The lowest BCUT2D eigenvalue weighted by Crippen LogP contribution is -2.60. The summed E-state index contributed by atoms with van der Waals surface area (Å²) >= 11 is 0. The van der Waals surface area contributed by atoms with Crippen molar-refractivity contribution >= 4 is 5.91 Å². The number of hydrogen-bond donors (Lipinski definition) is 2. The van der Waals surface area contributed by atoms with Gasteiger partial charge in [-0.05, 0) is 18.8 Å². The first-order valence-corrected chi connectivity index (χ1v) is 4.77. The van der Waals surface area contributed by atoms with E-state index < -0.39 is 6.23 Å². The molecular weight excluding hydrogens is 154 g/mol. The molecule has 1 saturated heterocycles. The summed E-state index contributed by atoms with van der Waals surface area (Å²) in [6, 6.07) is 0. The summed E-state index contributed by atoms with van der Waals surface area (Å²) < 4.78 is 0. The van der Waals surface area contributed by atoms with Gasteiger partial charge in [-0.2, -0.15) is 0 Å². The van der Waals surface area contributed by atoms with Crippen molar-refractivity contribution in [2.45, 2.75) is 38.3 Å². The van der Waals surface area contributed by atoms with Gasteiger partial charge >= 0.3 is 0 Å². The first kappa shape index (κ1) is 8.05. The quantitative estimate of drug-likeness (QED) is 0.566. The van der Waals surface area contributed by atoms with Crippen molar-refractivity contribution < 1.29 is 9.90 Å². The fraction of sp³-hybridized carbons (Fsp3) is 0.889. The van der Waals surface area contributed by atoms with Crippen molar-refractivity contribution in [2.75, 3.05) is 0 Å². The van der Waals surface area contributed by atoms with Crippen molar-refractivity contribution in [1.29, 1.82) is 0 Å². The molecule has 3 heteroatoms.